The van der Waals surface area contributed by atoms with Gasteiger partial charge in [-0.2, -0.15) is 5.10 Å². The van der Waals surface area contributed by atoms with Crippen LogP contribution in [0.2, 0.25) is 0 Å². The van der Waals surface area contributed by atoms with E-state index in [2.05, 4.69) is 27.6 Å². The number of aromatic nitrogens is 2. The van der Waals surface area contributed by atoms with Crippen LogP contribution < -0.4 is 10.6 Å². The van der Waals surface area contributed by atoms with E-state index in [4.69, 9.17) is 0 Å². The average molecular weight is 321 g/mol. The van der Waals surface area contributed by atoms with Crippen LogP contribution in [0.1, 0.15) is 51.0 Å². The van der Waals surface area contributed by atoms with Crippen LogP contribution in [0.4, 0.5) is 0 Å². The van der Waals surface area contributed by atoms with Gasteiger partial charge in [-0.25, -0.2) is 4.99 Å². The van der Waals surface area contributed by atoms with Gasteiger partial charge in [-0.05, 0) is 31.6 Å². The third-order valence-electron chi connectivity index (χ3n) is 4.71. The largest absolute Gasteiger partial charge is 0.396 e. The number of nitrogens with one attached hydrogen (secondary N) is 2. The average Bonchev–Trinajstić information content (AvgIpc) is 2.97. The molecular weight excluding hydrogens is 290 g/mol. The third kappa shape index (κ3) is 5.53. The lowest BCUT2D eigenvalue weighted by atomic mass is 9.72. The molecule has 1 heterocycles. The molecule has 1 aliphatic rings. The fourth-order valence-corrected chi connectivity index (χ4v) is 3.39. The maximum absolute atomic E-state index is 9.42. The summed E-state index contributed by atoms with van der Waals surface area (Å²) in [5.74, 6) is 0.847. The molecule has 0 radical (unpaired) electrons. The number of aliphatic hydroxyl groups is 1. The molecule has 0 amide bonds. The zero-order valence-electron chi connectivity index (χ0n) is 14.5. The van der Waals surface area contributed by atoms with Crippen LogP contribution >= 0.6 is 0 Å². The van der Waals surface area contributed by atoms with Gasteiger partial charge in [-0.1, -0.05) is 19.3 Å². The van der Waals surface area contributed by atoms with E-state index in [1.165, 1.54) is 32.1 Å². The standard InChI is InChI=1S/C17H31N5O/c1-3-18-16(19-11-15-12-21-22(2)13-15)20-14-17(9-10-23)7-5-4-6-8-17/h12-13,23H,3-11,14H2,1-2H3,(H2,18,19,20). The monoisotopic (exact) mass is 321 g/mol. The van der Waals surface area contributed by atoms with Crippen LogP contribution in [0.3, 0.4) is 0 Å². The van der Waals surface area contributed by atoms with Crippen LogP contribution in [0.25, 0.3) is 0 Å². The maximum Gasteiger partial charge on any atom is 0.191 e. The van der Waals surface area contributed by atoms with E-state index in [0.29, 0.717) is 6.54 Å². The zero-order chi connectivity index (χ0) is 16.5. The van der Waals surface area contributed by atoms with Gasteiger partial charge in [0.15, 0.2) is 5.96 Å². The molecule has 0 aromatic carbocycles. The van der Waals surface area contributed by atoms with Crippen LogP contribution in [0, 0.1) is 5.41 Å². The number of nitrogens with zero attached hydrogens (tertiary/aromatic N) is 3. The summed E-state index contributed by atoms with van der Waals surface area (Å²) in [6, 6.07) is 0. The Morgan fingerprint density at radius 3 is 2.74 bits per heavy atom. The van der Waals surface area contributed by atoms with E-state index >= 15 is 0 Å². The fraction of sp³-hybridized carbons (Fsp3) is 0.765. The summed E-state index contributed by atoms with van der Waals surface area (Å²) in [6.45, 7) is 4.69. The van der Waals surface area contributed by atoms with E-state index in [1.807, 2.05) is 19.4 Å². The number of guanidine groups is 1. The minimum absolute atomic E-state index is 0.220. The van der Waals surface area contributed by atoms with Gasteiger partial charge < -0.3 is 15.7 Å². The minimum atomic E-state index is 0.220. The predicted octanol–water partition coefficient (Wildman–Crippen LogP) is 1.81. The number of aliphatic imine (C=N–C) groups is 1. The molecule has 1 aromatic rings. The number of hydrogen-bond donors (Lipinski definition) is 3. The highest BCUT2D eigenvalue weighted by molar-refractivity contribution is 5.79. The van der Waals surface area contributed by atoms with E-state index in [-0.39, 0.29) is 12.0 Å². The van der Waals surface area contributed by atoms with Gasteiger partial charge in [0, 0.05) is 38.5 Å². The predicted molar refractivity (Wildman–Crippen MR) is 93.2 cm³/mol. The summed E-state index contributed by atoms with van der Waals surface area (Å²) in [5.41, 5.74) is 1.32. The van der Waals surface area contributed by atoms with Crippen molar-refractivity contribution in [3.63, 3.8) is 0 Å². The second-order valence-corrected chi connectivity index (χ2v) is 6.61. The Hall–Kier alpha value is -1.56. The minimum Gasteiger partial charge on any atom is -0.396 e. The van der Waals surface area contributed by atoms with Gasteiger partial charge in [0.25, 0.3) is 0 Å². The number of hydrogen-bond acceptors (Lipinski definition) is 3. The van der Waals surface area contributed by atoms with Crippen molar-refractivity contribution in [3.8, 4) is 0 Å². The molecule has 6 nitrogen and oxygen atoms in total. The summed E-state index contributed by atoms with van der Waals surface area (Å²) < 4.78 is 1.80. The smallest absolute Gasteiger partial charge is 0.191 e. The first-order valence-electron chi connectivity index (χ1n) is 8.78. The summed E-state index contributed by atoms with van der Waals surface area (Å²) in [4.78, 5) is 4.65. The Bertz CT molecular complexity index is 485. The molecular formula is C17H31N5O. The second kappa shape index (κ2) is 8.91. The highest BCUT2D eigenvalue weighted by Gasteiger charge is 2.31. The Balaban J connectivity index is 1.94. The molecule has 6 heteroatoms. The van der Waals surface area contributed by atoms with E-state index in [1.54, 1.807) is 4.68 Å². The maximum atomic E-state index is 9.42. The van der Waals surface area contributed by atoms with Crippen molar-refractivity contribution >= 4 is 5.96 Å². The molecule has 1 fully saturated rings. The van der Waals surface area contributed by atoms with Crippen molar-refractivity contribution in [2.45, 2.75) is 52.0 Å². The zero-order valence-corrected chi connectivity index (χ0v) is 14.5. The first kappa shape index (κ1) is 17.8. The van der Waals surface area contributed by atoms with Gasteiger partial charge in [0.2, 0.25) is 0 Å². The Labute approximate surface area is 139 Å². The Morgan fingerprint density at radius 1 is 1.35 bits per heavy atom. The van der Waals surface area contributed by atoms with Crippen molar-refractivity contribution < 1.29 is 5.11 Å². The van der Waals surface area contributed by atoms with Crippen LogP contribution in [-0.2, 0) is 13.6 Å². The normalized spacial score (nSPS) is 18.0. The number of aliphatic hydroxyl groups excluding tert-OH is 1. The molecule has 2 rings (SSSR count). The van der Waals surface area contributed by atoms with E-state index in [0.717, 1.165) is 31.0 Å². The molecule has 0 bridgehead atoms. The highest BCUT2D eigenvalue weighted by atomic mass is 16.3. The Kier molecular flexibility index (Phi) is 6.89. The van der Waals surface area contributed by atoms with Gasteiger partial charge in [-0.3, -0.25) is 4.68 Å². The SMILES string of the molecule is CCNC(=NCc1cnn(C)c1)NCC1(CCO)CCCCC1. The second-order valence-electron chi connectivity index (χ2n) is 6.61. The van der Waals surface area contributed by atoms with Gasteiger partial charge in [-0.15, -0.1) is 0 Å². The van der Waals surface area contributed by atoms with Gasteiger partial charge in [0.1, 0.15) is 0 Å². The van der Waals surface area contributed by atoms with E-state index < -0.39 is 0 Å². The molecule has 1 aromatic heterocycles. The molecule has 0 unspecified atom stereocenters. The first-order chi connectivity index (χ1) is 11.2. The quantitative estimate of drug-likeness (QED) is 0.529. The van der Waals surface area contributed by atoms with Crippen LogP contribution in [0.5, 0.6) is 0 Å². The summed E-state index contributed by atoms with van der Waals surface area (Å²) in [5, 5.41) is 20.4. The molecule has 0 atom stereocenters. The van der Waals surface area contributed by atoms with Gasteiger partial charge >= 0.3 is 0 Å². The molecule has 3 N–H and O–H groups in total. The van der Waals surface area contributed by atoms with Gasteiger partial charge in [0.05, 0.1) is 12.7 Å². The lowest BCUT2D eigenvalue weighted by Crippen LogP contribution is -2.44. The van der Waals surface area contributed by atoms with Crippen LogP contribution in [-0.4, -0.2) is 40.5 Å². The Morgan fingerprint density at radius 2 is 2.13 bits per heavy atom. The van der Waals surface area contributed by atoms with Crippen molar-refractivity contribution in [1.82, 2.24) is 20.4 Å². The molecule has 23 heavy (non-hydrogen) atoms. The number of aryl methyl sites for hydroxylation is 1. The van der Waals surface area contributed by atoms with Crippen LogP contribution in [0.15, 0.2) is 17.4 Å². The van der Waals surface area contributed by atoms with E-state index in [9.17, 15) is 5.11 Å². The summed E-state index contributed by atoms with van der Waals surface area (Å²) >= 11 is 0. The third-order valence-corrected chi connectivity index (χ3v) is 4.71. The topological polar surface area (TPSA) is 74.5 Å². The fourth-order valence-electron chi connectivity index (χ4n) is 3.39. The lowest BCUT2D eigenvalue weighted by molar-refractivity contribution is 0.131. The molecule has 0 saturated heterocycles. The van der Waals surface area contributed by atoms with Crippen molar-refractivity contribution in [3.05, 3.63) is 18.0 Å². The van der Waals surface area contributed by atoms with Crippen molar-refractivity contribution in [2.75, 3.05) is 19.7 Å². The summed E-state index contributed by atoms with van der Waals surface area (Å²) in [7, 11) is 1.92. The molecule has 1 saturated carbocycles. The molecule has 0 aliphatic heterocycles. The highest BCUT2D eigenvalue weighted by Crippen LogP contribution is 2.38. The van der Waals surface area contributed by atoms with Crippen molar-refractivity contribution in [1.29, 1.82) is 0 Å². The summed E-state index contributed by atoms with van der Waals surface area (Å²) in [6.07, 6.45) is 11.0. The van der Waals surface area contributed by atoms with Crippen molar-refractivity contribution in [2.24, 2.45) is 17.5 Å². The molecule has 130 valence electrons. The lowest BCUT2D eigenvalue weighted by Gasteiger charge is -2.37. The molecule has 1 aliphatic carbocycles. The number of rotatable bonds is 7. The first-order valence-corrected chi connectivity index (χ1v) is 8.78. The molecule has 0 spiro atoms.